The van der Waals surface area contributed by atoms with Gasteiger partial charge < -0.3 is 9.64 Å². The van der Waals surface area contributed by atoms with Gasteiger partial charge in [-0.3, -0.25) is 9.79 Å². The van der Waals surface area contributed by atoms with E-state index < -0.39 is 0 Å². The smallest absolute Gasteiger partial charge is 0.316 e. The van der Waals surface area contributed by atoms with Crippen LogP contribution in [0.2, 0.25) is 5.02 Å². The van der Waals surface area contributed by atoms with Crippen molar-refractivity contribution in [2.75, 3.05) is 7.11 Å². The molecule has 3 heterocycles. The third-order valence-electron chi connectivity index (χ3n) is 5.99. The minimum Gasteiger partial charge on any atom is -0.467 e. The lowest BCUT2D eigenvalue weighted by molar-refractivity contribution is -0.134. The van der Waals surface area contributed by atoms with Crippen LogP contribution in [0, 0.1) is 0 Å². The lowest BCUT2D eigenvalue weighted by atomic mass is 9.90. The fraction of sp³-hybridized carbons (Fsp3) is 0.250. The maximum atomic E-state index is 12.9. The Morgan fingerprint density at radius 3 is 2.52 bits per heavy atom. The fourth-order valence-electron chi connectivity index (χ4n) is 4.25. The molecule has 0 fully saturated rings. The molecule has 2 aliphatic rings. The van der Waals surface area contributed by atoms with E-state index in [4.69, 9.17) is 21.3 Å². The number of ether oxygens (including phenoxy) is 1. The third-order valence-corrected chi connectivity index (χ3v) is 6.25. The number of aliphatic imine (C=N–C) groups is 1. The maximum absolute atomic E-state index is 12.9. The van der Waals surface area contributed by atoms with E-state index in [1.165, 1.54) is 0 Å². The van der Waals surface area contributed by atoms with Crippen molar-refractivity contribution < 1.29 is 9.53 Å². The van der Waals surface area contributed by atoms with E-state index in [9.17, 15) is 4.79 Å². The number of halogens is 1. The van der Waals surface area contributed by atoms with E-state index >= 15 is 0 Å². The Bertz CT molecular complexity index is 1190. The van der Waals surface area contributed by atoms with Crippen molar-refractivity contribution in [1.82, 2.24) is 14.9 Å². The number of benzene rings is 2. The van der Waals surface area contributed by atoms with Gasteiger partial charge in [0.15, 0.2) is 0 Å². The Kier molecular flexibility index (Phi) is 4.94. The van der Waals surface area contributed by atoms with Crippen LogP contribution in [0.4, 0.5) is 0 Å². The lowest BCUT2D eigenvalue weighted by Crippen LogP contribution is -2.38. The molecule has 1 amide bonds. The van der Waals surface area contributed by atoms with Crippen LogP contribution in [0.1, 0.15) is 46.3 Å². The van der Waals surface area contributed by atoms with Crippen molar-refractivity contribution in [2.24, 2.45) is 4.99 Å². The largest absolute Gasteiger partial charge is 0.467 e. The molecule has 0 saturated carbocycles. The molecule has 0 radical (unpaired) electrons. The second-order valence-corrected chi connectivity index (χ2v) is 8.26. The van der Waals surface area contributed by atoms with Crippen LogP contribution in [0.25, 0.3) is 0 Å². The zero-order valence-corrected chi connectivity index (χ0v) is 18.1. The second-order valence-electron chi connectivity index (χ2n) is 7.83. The van der Waals surface area contributed by atoms with Crippen LogP contribution >= 0.6 is 11.6 Å². The van der Waals surface area contributed by atoms with Crippen LogP contribution < -0.4 is 4.74 Å². The average molecular weight is 433 g/mol. The summed E-state index contributed by atoms with van der Waals surface area (Å²) in [6, 6.07) is 12.3. The molecule has 6 nitrogen and oxygen atoms in total. The van der Waals surface area contributed by atoms with E-state index in [2.05, 4.69) is 29.0 Å². The Labute approximate surface area is 185 Å². The van der Waals surface area contributed by atoms with Gasteiger partial charge >= 0.3 is 6.01 Å². The summed E-state index contributed by atoms with van der Waals surface area (Å²) in [5.41, 5.74) is 7.28. The van der Waals surface area contributed by atoms with Crippen molar-refractivity contribution in [3.05, 3.63) is 87.2 Å². The van der Waals surface area contributed by atoms with E-state index in [0.29, 0.717) is 30.5 Å². The van der Waals surface area contributed by atoms with Crippen molar-refractivity contribution >= 4 is 23.2 Å². The molecule has 0 spiro atoms. The number of aromatic nitrogens is 2. The monoisotopic (exact) mass is 432 g/mol. The SMILES string of the molecule is COc1ncc(C2=NCc3cc4c(cc32)CN([C@H](C)c2ccc(Cl)cc2)C(=O)C4)cn1. The van der Waals surface area contributed by atoms with Crippen LogP contribution in [0.5, 0.6) is 6.01 Å². The van der Waals surface area contributed by atoms with E-state index in [0.717, 1.165) is 39.1 Å². The molecule has 0 saturated heterocycles. The Morgan fingerprint density at radius 1 is 1.06 bits per heavy atom. The molecule has 2 aromatic carbocycles. The van der Waals surface area contributed by atoms with Crippen molar-refractivity contribution in [3.63, 3.8) is 0 Å². The zero-order valence-electron chi connectivity index (χ0n) is 17.3. The number of nitrogens with zero attached hydrogens (tertiary/aromatic N) is 4. The van der Waals surface area contributed by atoms with Gasteiger partial charge in [-0.05, 0) is 47.4 Å². The minimum atomic E-state index is -0.0331. The summed E-state index contributed by atoms with van der Waals surface area (Å²) in [6.07, 6.45) is 3.87. The number of rotatable bonds is 4. The first-order chi connectivity index (χ1) is 15.0. The van der Waals surface area contributed by atoms with Crippen LogP contribution in [-0.2, 0) is 24.3 Å². The molecule has 156 valence electrons. The number of hydrogen-bond donors (Lipinski definition) is 0. The Hall–Kier alpha value is -3.25. The summed E-state index contributed by atoms with van der Waals surface area (Å²) in [5.74, 6) is 0.137. The molecule has 1 aromatic heterocycles. The quantitative estimate of drug-likeness (QED) is 0.621. The summed E-state index contributed by atoms with van der Waals surface area (Å²) in [5, 5.41) is 0.691. The number of methoxy groups -OCH3 is 1. The molecular formula is C24H21ClN4O2. The minimum absolute atomic E-state index is 0.0331. The molecule has 0 aliphatic carbocycles. The highest BCUT2D eigenvalue weighted by molar-refractivity contribution is 6.30. The normalized spacial score (nSPS) is 15.9. The summed E-state index contributed by atoms with van der Waals surface area (Å²) in [4.78, 5) is 28.0. The van der Waals surface area contributed by atoms with Crippen molar-refractivity contribution in [1.29, 1.82) is 0 Å². The van der Waals surface area contributed by atoms with Gasteiger partial charge in [0.1, 0.15) is 0 Å². The van der Waals surface area contributed by atoms with E-state index in [-0.39, 0.29) is 11.9 Å². The van der Waals surface area contributed by atoms with E-state index in [1.54, 1.807) is 19.5 Å². The van der Waals surface area contributed by atoms with Crippen LogP contribution in [0.15, 0.2) is 53.8 Å². The van der Waals surface area contributed by atoms with Gasteiger partial charge in [-0.1, -0.05) is 29.8 Å². The number of carbonyl (C=O) groups is 1. The van der Waals surface area contributed by atoms with Crippen molar-refractivity contribution in [2.45, 2.75) is 32.5 Å². The second kappa shape index (κ2) is 7.78. The van der Waals surface area contributed by atoms with Gasteiger partial charge in [0.2, 0.25) is 5.91 Å². The summed E-state index contributed by atoms with van der Waals surface area (Å²) >= 11 is 6.03. The van der Waals surface area contributed by atoms with Gasteiger partial charge in [0, 0.05) is 35.1 Å². The molecular weight excluding hydrogens is 412 g/mol. The topological polar surface area (TPSA) is 67.7 Å². The summed E-state index contributed by atoms with van der Waals surface area (Å²) in [7, 11) is 1.54. The molecule has 0 unspecified atom stereocenters. The number of fused-ring (bicyclic) bond motifs is 2. The van der Waals surface area contributed by atoms with E-state index in [1.807, 2.05) is 29.2 Å². The zero-order chi connectivity index (χ0) is 21.5. The average Bonchev–Trinajstić information content (AvgIpc) is 3.20. The predicted octanol–water partition coefficient (Wildman–Crippen LogP) is 4.14. The van der Waals surface area contributed by atoms with Gasteiger partial charge in [-0.25, -0.2) is 9.97 Å². The highest BCUT2D eigenvalue weighted by atomic mass is 35.5. The molecule has 31 heavy (non-hydrogen) atoms. The molecule has 3 aromatic rings. The standard InChI is InChI=1S/C24H21ClN4O2/c1-14(15-3-5-20(25)6-4-15)29-13-18-8-21-17(7-16(18)9-22(29)30)10-26-23(21)19-11-27-24(31-2)28-12-19/h3-8,11-12,14H,9-10,13H2,1-2H3/t14-/m1/s1. The van der Waals surface area contributed by atoms with Gasteiger partial charge in [0.05, 0.1) is 31.8 Å². The summed E-state index contributed by atoms with van der Waals surface area (Å²) < 4.78 is 5.06. The summed E-state index contributed by atoms with van der Waals surface area (Å²) in [6.45, 7) is 3.22. The molecule has 1 atom stereocenters. The van der Waals surface area contributed by atoms with Gasteiger partial charge in [0.25, 0.3) is 0 Å². The van der Waals surface area contributed by atoms with Gasteiger partial charge in [-0.15, -0.1) is 0 Å². The Morgan fingerprint density at radius 2 is 1.81 bits per heavy atom. The first-order valence-electron chi connectivity index (χ1n) is 10.1. The van der Waals surface area contributed by atoms with Crippen LogP contribution in [0.3, 0.4) is 0 Å². The predicted molar refractivity (Wildman–Crippen MR) is 118 cm³/mol. The molecule has 2 aliphatic heterocycles. The molecule has 5 rings (SSSR count). The lowest BCUT2D eigenvalue weighted by Gasteiger charge is -2.34. The third kappa shape index (κ3) is 3.57. The van der Waals surface area contributed by atoms with Gasteiger partial charge in [-0.2, -0.15) is 0 Å². The fourth-order valence-corrected chi connectivity index (χ4v) is 4.38. The Balaban J connectivity index is 1.45. The highest BCUT2D eigenvalue weighted by Crippen LogP contribution is 2.33. The van der Waals surface area contributed by atoms with Crippen molar-refractivity contribution in [3.8, 4) is 6.01 Å². The highest BCUT2D eigenvalue weighted by Gasteiger charge is 2.30. The number of hydrogen-bond acceptors (Lipinski definition) is 5. The molecule has 7 heteroatoms. The number of amides is 1. The van der Waals surface area contributed by atoms with Crippen LogP contribution in [-0.4, -0.2) is 33.6 Å². The number of carbonyl (C=O) groups excluding carboxylic acids is 1. The first kappa shape index (κ1) is 19.7. The maximum Gasteiger partial charge on any atom is 0.316 e. The molecule has 0 N–H and O–H groups in total. The molecule has 0 bridgehead atoms. The first-order valence-corrected chi connectivity index (χ1v) is 10.5.